The molecule has 0 fully saturated rings. The van der Waals surface area contributed by atoms with E-state index in [-0.39, 0.29) is 6.04 Å². The molecule has 8 aromatic carbocycles. The van der Waals surface area contributed by atoms with Gasteiger partial charge in [0, 0.05) is 37.9 Å². The van der Waals surface area contributed by atoms with Crippen molar-refractivity contribution in [2.75, 3.05) is 0 Å². The van der Waals surface area contributed by atoms with Crippen LogP contribution in [0, 0.1) is 5.92 Å². The van der Waals surface area contributed by atoms with Gasteiger partial charge in [-0.15, -0.1) is 0 Å². The maximum absolute atomic E-state index is 7.00. The summed E-state index contributed by atoms with van der Waals surface area (Å²) in [5, 5.41) is 7.32. The van der Waals surface area contributed by atoms with Gasteiger partial charge in [0.25, 0.3) is 0 Å². The molecule has 0 saturated heterocycles. The molecule has 0 amide bonds. The highest BCUT2D eigenvalue weighted by Gasteiger charge is 2.28. The Hall–Kier alpha value is -6.46. The fourth-order valence-corrected chi connectivity index (χ4v) is 10.1. The number of para-hydroxylation sites is 1. The summed E-state index contributed by atoms with van der Waals surface area (Å²) in [6, 6.07) is 56.0. The third kappa shape index (κ3) is 5.75. The van der Waals surface area contributed by atoms with Crippen LogP contribution in [-0.4, -0.2) is 6.21 Å². The van der Waals surface area contributed by atoms with Crippen molar-refractivity contribution in [3.8, 4) is 22.3 Å². The molecule has 57 heavy (non-hydrogen) atoms. The number of nitrogens with zero attached hydrogens (tertiary/aromatic N) is 1. The Balaban J connectivity index is 1.12. The predicted molar refractivity (Wildman–Crippen MR) is 242 cm³/mol. The van der Waals surface area contributed by atoms with Crippen molar-refractivity contribution in [3.05, 3.63) is 197 Å². The number of hydrogen-bond donors (Lipinski definition) is 1. The maximum atomic E-state index is 7.00. The van der Waals surface area contributed by atoms with E-state index in [0.29, 0.717) is 5.92 Å². The summed E-state index contributed by atoms with van der Waals surface area (Å²) in [6.45, 7) is 2.31. The number of rotatable bonds is 5. The number of aliphatic imine (C=N–C) groups is 1. The first-order valence-corrected chi connectivity index (χ1v) is 20.5. The van der Waals surface area contributed by atoms with Crippen LogP contribution in [0.25, 0.3) is 77.5 Å². The average molecular weight is 751 g/mol. The highest BCUT2D eigenvalue weighted by atomic mass is 32.2. The van der Waals surface area contributed by atoms with Crippen LogP contribution in [0.4, 0.5) is 0 Å². The molecule has 2 unspecified atom stereocenters. The molecule has 0 spiro atoms. The van der Waals surface area contributed by atoms with Gasteiger partial charge in [0.05, 0.1) is 11.7 Å². The second-order valence-corrected chi connectivity index (χ2v) is 16.4. The molecule has 3 nitrogen and oxygen atoms in total. The van der Waals surface area contributed by atoms with E-state index in [0.717, 1.165) is 77.9 Å². The number of benzene rings is 8. The summed E-state index contributed by atoms with van der Waals surface area (Å²) < 4.78 is 6.29. The standard InChI is InChI=1S/C53H38N2OS/c1-32-22-24-41-39-16-5-6-17-40(39)46-29-37(35-15-11-14-34(27-35)36-23-25-43-42-18-7-9-20-47(42)56-48(43)30-36)28-38(50(46)45(41)26-32)31-55-52(33-12-3-2-4-13-33)53-51(54)44-19-8-10-21-49(44)57-53/h2-25,27-32,51H,26,54H2,1H3/b53-52+,55-31?. The minimum absolute atomic E-state index is 0.245. The largest absolute Gasteiger partial charge is 0.456 e. The molecule has 1 aliphatic heterocycles. The lowest BCUT2D eigenvalue weighted by atomic mass is 9.81. The van der Waals surface area contributed by atoms with Gasteiger partial charge < -0.3 is 10.2 Å². The van der Waals surface area contributed by atoms with Crippen molar-refractivity contribution >= 4 is 73.2 Å². The Morgan fingerprint density at radius 3 is 2.23 bits per heavy atom. The van der Waals surface area contributed by atoms with Crippen LogP contribution in [0.3, 0.4) is 0 Å². The Kier molecular flexibility index (Phi) is 8.09. The Bertz CT molecular complexity index is 3170. The van der Waals surface area contributed by atoms with E-state index >= 15 is 0 Å². The second kappa shape index (κ2) is 13.6. The van der Waals surface area contributed by atoms with Gasteiger partial charge in [0.2, 0.25) is 0 Å². The first-order valence-electron chi connectivity index (χ1n) is 19.6. The third-order valence-electron chi connectivity index (χ3n) is 11.7. The smallest absolute Gasteiger partial charge is 0.136 e. The number of thioether (sulfide) groups is 1. The summed E-state index contributed by atoms with van der Waals surface area (Å²) in [5.41, 5.74) is 20.3. The van der Waals surface area contributed by atoms with E-state index in [2.05, 4.69) is 171 Å². The fourth-order valence-electron chi connectivity index (χ4n) is 8.93. The van der Waals surface area contributed by atoms with Crippen LogP contribution >= 0.6 is 11.8 Å². The molecule has 1 aromatic heterocycles. The maximum Gasteiger partial charge on any atom is 0.136 e. The van der Waals surface area contributed by atoms with E-state index in [9.17, 15) is 0 Å². The minimum atomic E-state index is -0.245. The SMILES string of the molecule is CC1C=Cc2c(c3c(C=N/C(=C4/Sc5ccccc5C4N)c4ccccc4)cc(-c4cccc(-c5ccc6c(c5)oc5ccccc56)c4)cc3c3ccccc23)C1. The summed E-state index contributed by atoms with van der Waals surface area (Å²) in [7, 11) is 0. The molecule has 2 heterocycles. The number of nitrogens with two attached hydrogens (primary N) is 1. The molecular formula is C53H38N2OS. The van der Waals surface area contributed by atoms with Crippen molar-refractivity contribution in [1.29, 1.82) is 0 Å². The third-order valence-corrected chi connectivity index (χ3v) is 13.0. The van der Waals surface area contributed by atoms with Gasteiger partial charge in [-0.3, -0.25) is 4.99 Å². The number of allylic oxidation sites excluding steroid dienone is 1. The van der Waals surface area contributed by atoms with E-state index in [1.165, 1.54) is 37.6 Å². The molecule has 0 bridgehead atoms. The normalized spacial score (nSPS) is 17.2. The molecule has 11 rings (SSSR count). The van der Waals surface area contributed by atoms with Gasteiger partial charge in [-0.05, 0) is 115 Å². The van der Waals surface area contributed by atoms with Crippen LogP contribution in [0.1, 0.15) is 40.8 Å². The van der Waals surface area contributed by atoms with Crippen LogP contribution < -0.4 is 5.73 Å². The minimum Gasteiger partial charge on any atom is -0.456 e. The highest BCUT2D eigenvalue weighted by molar-refractivity contribution is 8.03. The van der Waals surface area contributed by atoms with Crippen molar-refractivity contribution in [1.82, 2.24) is 0 Å². The van der Waals surface area contributed by atoms with Gasteiger partial charge in [0.1, 0.15) is 11.2 Å². The van der Waals surface area contributed by atoms with Crippen LogP contribution in [0.15, 0.2) is 183 Å². The lowest BCUT2D eigenvalue weighted by Gasteiger charge is -2.23. The summed E-state index contributed by atoms with van der Waals surface area (Å²) in [6.07, 6.45) is 7.76. The molecule has 9 aromatic rings. The Morgan fingerprint density at radius 2 is 1.37 bits per heavy atom. The number of fused-ring (bicyclic) bond motifs is 10. The molecule has 0 saturated carbocycles. The summed E-state index contributed by atoms with van der Waals surface area (Å²) >= 11 is 1.74. The Labute approximate surface area is 335 Å². The molecule has 2 aliphatic rings. The summed E-state index contributed by atoms with van der Waals surface area (Å²) in [5.74, 6) is 0.431. The second-order valence-electron chi connectivity index (χ2n) is 15.3. The van der Waals surface area contributed by atoms with Gasteiger partial charge in [0.15, 0.2) is 0 Å². The first kappa shape index (κ1) is 33.8. The van der Waals surface area contributed by atoms with Crippen molar-refractivity contribution < 1.29 is 4.42 Å². The fraction of sp³-hybridized carbons (Fsp3) is 0.0755. The van der Waals surface area contributed by atoms with E-state index in [1.54, 1.807) is 11.8 Å². The van der Waals surface area contributed by atoms with Gasteiger partial charge in [-0.1, -0.05) is 146 Å². The molecule has 272 valence electrons. The van der Waals surface area contributed by atoms with Crippen LogP contribution in [-0.2, 0) is 6.42 Å². The molecule has 0 radical (unpaired) electrons. The average Bonchev–Trinajstić information content (AvgIpc) is 3.80. The zero-order chi connectivity index (χ0) is 38.0. The van der Waals surface area contributed by atoms with E-state index < -0.39 is 0 Å². The lowest BCUT2D eigenvalue weighted by molar-refractivity contribution is 0.669. The van der Waals surface area contributed by atoms with Crippen molar-refractivity contribution in [3.63, 3.8) is 0 Å². The molecule has 1 aliphatic carbocycles. The number of hydrogen-bond acceptors (Lipinski definition) is 4. The van der Waals surface area contributed by atoms with Crippen LogP contribution in [0.5, 0.6) is 0 Å². The lowest BCUT2D eigenvalue weighted by Crippen LogP contribution is -2.09. The van der Waals surface area contributed by atoms with Crippen molar-refractivity contribution in [2.24, 2.45) is 16.6 Å². The molecule has 4 heteroatoms. The van der Waals surface area contributed by atoms with Crippen LogP contribution in [0.2, 0.25) is 0 Å². The van der Waals surface area contributed by atoms with Gasteiger partial charge in [-0.2, -0.15) is 0 Å². The molecule has 2 atom stereocenters. The first-order chi connectivity index (χ1) is 28.1. The topological polar surface area (TPSA) is 51.5 Å². The van der Waals surface area contributed by atoms with Gasteiger partial charge >= 0.3 is 0 Å². The zero-order valence-electron chi connectivity index (χ0n) is 31.4. The van der Waals surface area contributed by atoms with Crippen molar-refractivity contribution in [2.45, 2.75) is 24.3 Å². The highest BCUT2D eigenvalue weighted by Crippen LogP contribution is 2.49. The predicted octanol–water partition coefficient (Wildman–Crippen LogP) is 14.0. The summed E-state index contributed by atoms with van der Waals surface area (Å²) in [4.78, 5) is 7.71. The van der Waals surface area contributed by atoms with E-state index in [4.69, 9.17) is 15.1 Å². The molecular weight excluding hydrogens is 713 g/mol. The molecule has 2 N–H and O–H groups in total. The number of furan rings is 1. The zero-order valence-corrected chi connectivity index (χ0v) is 32.3. The van der Waals surface area contributed by atoms with E-state index in [1.807, 2.05) is 12.1 Å². The monoisotopic (exact) mass is 750 g/mol. The van der Waals surface area contributed by atoms with Gasteiger partial charge in [-0.25, -0.2) is 0 Å². The quantitative estimate of drug-likeness (QED) is 0.141. The Morgan fingerprint density at radius 1 is 0.649 bits per heavy atom.